The Kier molecular flexibility index (Phi) is 6.64. The van der Waals surface area contributed by atoms with Gasteiger partial charge in [-0.3, -0.25) is 0 Å². The first-order valence-corrected chi connectivity index (χ1v) is 8.21. The Balaban J connectivity index is 5.27. The molecular weight excluding hydrogens is 228 g/mol. The van der Waals surface area contributed by atoms with Crippen molar-refractivity contribution in [2.45, 2.75) is 94.9 Å². The van der Waals surface area contributed by atoms with Crippen molar-refractivity contribution in [1.82, 2.24) is 0 Å². The van der Waals surface area contributed by atoms with Crippen LogP contribution in [0.3, 0.4) is 0 Å². The third-order valence-electron chi connectivity index (χ3n) is 5.57. The van der Waals surface area contributed by atoms with Gasteiger partial charge < -0.3 is 0 Å². The molecular formula is C19H39. The van der Waals surface area contributed by atoms with E-state index in [1.165, 1.54) is 25.7 Å². The molecule has 0 aliphatic carbocycles. The van der Waals surface area contributed by atoms with Crippen molar-refractivity contribution < 1.29 is 0 Å². The highest BCUT2D eigenvalue weighted by Crippen LogP contribution is 2.52. The van der Waals surface area contributed by atoms with Gasteiger partial charge in [0.1, 0.15) is 0 Å². The molecule has 1 unspecified atom stereocenters. The highest BCUT2D eigenvalue weighted by Gasteiger charge is 2.43. The molecule has 0 heteroatoms. The minimum Gasteiger partial charge on any atom is -0.0654 e. The lowest BCUT2D eigenvalue weighted by Gasteiger charge is -2.49. The van der Waals surface area contributed by atoms with Crippen molar-refractivity contribution in [3.05, 3.63) is 5.92 Å². The molecule has 0 N–H and O–H groups in total. The lowest BCUT2D eigenvalue weighted by molar-refractivity contribution is 0.0334. The van der Waals surface area contributed by atoms with Crippen molar-refractivity contribution in [1.29, 1.82) is 0 Å². The Hall–Kier alpha value is 0. The molecule has 0 aliphatic rings. The van der Waals surface area contributed by atoms with Crippen LogP contribution in [0.4, 0.5) is 0 Å². The fourth-order valence-corrected chi connectivity index (χ4v) is 3.85. The van der Waals surface area contributed by atoms with Crippen LogP contribution in [0.1, 0.15) is 94.9 Å². The first-order valence-electron chi connectivity index (χ1n) is 8.21. The molecule has 0 bridgehead atoms. The summed E-state index contributed by atoms with van der Waals surface area (Å²) in [5.74, 6) is 2.34. The van der Waals surface area contributed by atoms with Crippen LogP contribution in [0, 0.1) is 28.1 Å². The first-order chi connectivity index (χ1) is 8.40. The van der Waals surface area contributed by atoms with E-state index < -0.39 is 0 Å². The molecule has 0 fully saturated rings. The smallest absolute Gasteiger partial charge is 0.0244 e. The van der Waals surface area contributed by atoms with E-state index in [9.17, 15) is 0 Å². The quantitative estimate of drug-likeness (QED) is 0.449. The second-order valence-electron chi connectivity index (χ2n) is 8.75. The van der Waals surface area contributed by atoms with Crippen molar-refractivity contribution in [2.24, 2.45) is 22.2 Å². The van der Waals surface area contributed by atoms with E-state index in [2.05, 4.69) is 69.2 Å². The molecule has 0 nitrogen and oxygen atoms in total. The average Bonchev–Trinajstić information content (AvgIpc) is 2.23. The molecule has 1 radical (unpaired) electrons. The zero-order chi connectivity index (χ0) is 15.5. The molecule has 0 aromatic carbocycles. The van der Waals surface area contributed by atoms with Crippen LogP contribution in [-0.2, 0) is 0 Å². The van der Waals surface area contributed by atoms with Gasteiger partial charge in [-0.15, -0.1) is 0 Å². The molecule has 115 valence electrons. The minimum absolute atomic E-state index is 0.337. The zero-order valence-corrected chi connectivity index (χ0v) is 15.4. The summed E-state index contributed by atoms with van der Waals surface area (Å²) in [4.78, 5) is 0. The molecule has 0 heterocycles. The lowest BCUT2D eigenvalue weighted by Crippen LogP contribution is -2.41. The number of hydrogen-bond donors (Lipinski definition) is 0. The van der Waals surface area contributed by atoms with Crippen molar-refractivity contribution in [3.8, 4) is 0 Å². The second kappa shape index (κ2) is 6.64. The third-order valence-corrected chi connectivity index (χ3v) is 5.57. The second-order valence-corrected chi connectivity index (χ2v) is 8.75. The van der Waals surface area contributed by atoms with Crippen molar-refractivity contribution in [3.63, 3.8) is 0 Å². The summed E-state index contributed by atoms with van der Waals surface area (Å²) < 4.78 is 0. The fourth-order valence-electron chi connectivity index (χ4n) is 3.85. The average molecular weight is 268 g/mol. The molecule has 19 heavy (non-hydrogen) atoms. The monoisotopic (exact) mass is 267 g/mol. The van der Waals surface area contributed by atoms with Gasteiger partial charge in [0.25, 0.3) is 0 Å². The first kappa shape index (κ1) is 19.0. The Labute approximate surface area is 123 Å². The van der Waals surface area contributed by atoms with Gasteiger partial charge in [-0.1, -0.05) is 82.1 Å². The van der Waals surface area contributed by atoms with Gasteiger partial charge in [0.15, 0.2) is 0 Å². The summed E-state index contributed by atoms with van der Waals surface area (Å²) in [5, 5.41) is 0. The van der Waals surface area contributed by atoms with Gasteiger partial charge in [0.05, 0.1) is 0 Å². The Morgan fingerprint density at radius 2 is 1.37 bits per heavy atom. The van der Waals surface area contributed by atoms with E-state index in [1.807, 2.05) is 0 Å². The SMILES string of the molecule is CCCC(C(C)(C)CC(C)(C)CC)C(C)(C)[C](C)C. The molecule has 0 aromatic rings. The molecule has 0 aliphatic heterocycles. The van der Waals surface area contributed by atoms with Gasteiger partial charge in [-0.25, -0.2) is 0 Å². The maximum Gasteiger partial charge on any atom is -0.0244 e. The Morgan fingerprint density at radius 3 is 1.68 bits per heavy atom. The zero-order valence-electron chi connectivity index (χ0n) is 15.4. The summed E-state index contributed by atoms with van der Waals surface area (Å²) >= 11 is 0. The third kappa shape index (κ3) is 5.12. The maximum absolute atomic E-state index is 2.50. The van der Waals surface area contributed by atoms with Crippen LogP contribution in [0.5, 0.6) is 0 Å². The summed E-state index contributed by atoms with van der Waals surface area (Å²) in [6.07, 6.45) is 5.21. The molecule has 0 rings (SSSR count). The highest BCUT2D eigenvalue weighted by molar-refractivity contribution is 5.03. The van der Waals surface area contributed by atoms with Crippen LogP contribution in [-0.4, -0.2) is 0 Å². The predicted molar refractivity (Wildman–Crippen MR) is 89.2 cm³/mol. The fraction of sp³-hybridized carbons (Fsp3) is 0.947. The van der Waals surface area contributed by atoms with Gasteiger partial charge in [0, 0.05) is 0 Å². The van der Waals surface area contributed by atoms with Crippen molar-refractivity contribution >= 4 is 0 Å². The molecule has 0 spiro atoms. The minimum atomic E-state index is 0.337. The predicted octanol–water partition coefficient (Wildman–Crippen LogP) is 6.90. The molecule has 0 saturated carbocycles. The van der Waals surface area contributed by atoms with E-state index in [4.69, 9.17) is 0 Å². The summed E-state index contributed by atoms with van der Waals surface area (Å²) in [5.41, 5.74) is 1.19. The molecule has 1 atom stereocenters. The largest absolute Gasteiger partial charge is 0.0654 e. The number of hydrogen-bond acceptors (Lipinski definition) is 0. The van der Waals surface area contributed by atoms with E-state index in [0.29, 0.717) is 16.2 Å². The van der Waals surface area contributed by atoms with Gasteiger partial charge in [0.2, 0.25) is 0 Å². The van der Waals surface area contributed by atoms with Crippen LogP contribution < -0.4 is 0 Å². The maximum atomic E-state index is 2.50. The lowest BCUT2D eigenvalue weighted by atomic mass is 9.56. The van der Waals surface area contributed by atoms with Crippen LogP contribution in [0.25, 0.3) is 0 Å². The molecule has 0 aromatic heterocycles. The molecule has 0 saturated heterocycles. The van der Waals surface area contributed by atoms with Crippen LogP contribution in [0.15, 0.2) is 0 Å². The summed E-state index contributed by atoms with van der Waals surface area (Å²) in [7, 11) is 0. The van der Waals surface area contributed by atoms with Crippen molar-refractivity contribution in [2.75, 3.05) is 0 Å². The standard InChI is InChI=1S/C19H39/c1-11-13-16(19(9,10)15(3)4)18(7,8)14-17(5,6)12-2/h16H,11-14H2,1-10H3. The Bertz CT molecular complexity index is 255. The van der Waals surface area contributed by atoms with Crippen LogP contribution >= 0.6 is 0 Å². The van der Waals surface area contributed by atoms with Gasteiger partial charge in [-0.05, 0) is 40.9 Å². The summed E-state index contributed by atoms with van der Waals surface area (Å²) in [6, 6.07) is 0. The Morgan fingerprint density at radius 1 is 0.895 bits per heavy atom. The van der Waals surface area contributed by atoms with E-state index in [1.54, 1.807) is 5.92 Å². The van der Waals surface area contributed by atoms with Gasteiger partial charge >= 0.3 is 0 Å². The van der Waals surface area contributed by atoms with E-state index in [-0.39, 0.29) is 0 Å². The van der Waals surface area contributed by atoms with E-state index >= 15 is 0 Å². The summed E-state index contributed by atoms with van der Waals surface area (Å²) in [6.45, 7) is 24.0. The van der Waals surface area contributed by atoms with E-state index in [0.717, 1.165) is 5.92 Å². The molecule has 0 amide bonds. The van der Waals surface area contributed by atoms with Gasteiger partial charge in [-0.2, -0.15) is 0 Å². The number of rotatable bonds is 8. The highest BCUT2D eigenvalue weighted by atomic mass is 14.5. The normalized spacial score (nSPS) is 15.9. The van der Waals surface area contributed by atoms with Crippen LogP contribution in [0.2, 0.25) is 0 Å². The topological polar surface area (TPSA) is 0 Å².